The molecule has 0 aliphatic rings. The Bertz CT molecular complexity index is 754. The second-order valence-corrected chi connectivity index (χ2v) is 4.48. The van der Waals surface area contributed by atoms with Crippen molar-refractivity contribution in [2.45, 2.75) is 0 Å². The van der Waals surface area contributed by atoms with Gasteiger partial charge in [0.25, 0.3) is 5.91 Å². The number of hydrogen-bond donors (Lipinski definition) is 4. The van der Waals surface area contributed by atoms with Crippen molar-refractivity contribution in [1.29, 1.82) is 5.41 Å². The van der Waals surface area contributed by atoms with Gasteiger partial charge < -0.3 is 10.3 Å². The van der Waals surface area contributed by atoms with Gasteiger partial charge in [-0.2, -0.15) is 0 Å². The van der Waals surface area contributed by atoms with E-state index in [-0.39, 0.29) is 0 Å². The van der Waals surface area contributed by atoms with Crippen molar-refractivity contribution in [1.82, 2.24) is 30.5 Å². The molecule has 9 nitrogen and oxygen atoms in total. The van der Waals surface area contributed by atoms with Gasteiger partial charge in [0.1, 0.15) is 0 Å². The van der Waals surface area contributed by atoms with Gasteiger partial charge in [0, 0.05) is 29.2 Å². The third-order valence-electron chi connectivity index (χ3n) is 2.95. The van der Waals surface area contributed by atoms with Crippen molar-refractivity contribution in [2.24, 2.45) is 5.73 Å². The molecule has 2 aromatic heterocycles. The Morgan fingerprint density at radius 2 is 2.05 bits per heavy atom. The number of aromatic nitrogens is 5. The molecule has 22 heavy (non-hydrogen) atoms. The predicted octanol–water partition coefficient (Wildman–Crippen LogP) is 0.281. The summed E-state index contributed by atoms with van der Waals surface area (Å²) in [5, 5.41) is 23.0. The van der Waals surface area contributed by atoms with Crippen LogP contribution >= 0.6 is 0 Å². The fourth-order valence-electron chi connectivity index (χ4n) is 2.01. The molecule has 5 N–H and O–H groups in total. The number of carbonyl (C=O) groups excluding carboxylic acids is 1. The summed E-state index contributed by atoms with van der Waals surface area (Å²) in [6.07, 6.45) is 3.70. The maximum Gasteiger partial charge on any atom is 0.258 e. The molecular formula is C13H12N8O. The van der Waals surface area contributed by atoms with Gasteiger partial charge in [-0.05, 0) is 40.8 Å². The Labute approximate surface area is 124 Å². The SMILES string of the molecule is N=C(N)NC(=O)c1cc(-c2nnn[nH]2)cc(-n2cccc2)c1. The molecule has 0 atom stereocenters. The molecule has 0 fully saturated rings. The number of benzene rings is 1. The standard InChI is InChI=1S/C13H12N8O/c14-13(15)16-12(22)9-5-8(11-17-19-20-18-11)6-10(7-9)21-3-1-2-4-21/h1-7H,(H4,14,15,16,22)(H,17,18,19,20). The van der Waals surface area contributed by atoms with E-state index in [0.29, 0.717) is 17.0 Å². The second-order valence-electron chi connectivity index (χ2n) is 4.48. The van der Waals surface area contributed by atoms with Gasteiger partial charge >= 0.3 is 0 Å². The van der Waals surface area contributed by atoms with Crippen LogP contribution < -0.4 is 11.1 Å². The van der Waals surface area contributed by atoms with E-state index in [1.807, 2.05) is 35.2 Å². The van der Waals surface area contributed by atoms with Crippen LogP contribution in [-0.4, -0.2) is 37.1 Å². The number of rotatable bonds is 3. The predicted molar refractivity (Wildman–Crippen MR) is 78.3 cm³/mol. The maximum atomic E-state index is 12.1. The zero-order chi connectivity index (χ0) is 15.5. The molecule has 0 radical (unpaired) electrons. The zero-order valence-electron chi connectivity index (χ0n) is 11.3. The van der Waals surface area contributed by atoms with Gasteiger partial charge in [-0.15, -0.1) is 5.10 Å². The van der Waals surface area contributed by atoms with Crippen molar-refractivity contribution in [3.63, 3.8) is 0 Å². The van der Waals surface area contributed by atoms with Crippen molar-refractivity contribution in [3.8, 4) is 17.1 Å². The van der Waals surface area contributed by atoms with Crippen LogP contribution in [-0.2, 0) is 0 Å². The second kappa shape index (κ2) is 5.48. The van der Waals surface area contributed by atoms with Crippen LogP contribution in [0.25, 0.3) is 17.1 Å². The summed E-state index contributed by atoms with van der Waals surface area (Å²) in [5.41, 5.74) is 6.94. The van der Waals surface area contributed by atoms with Crippen LogP contribution in [0.3, 0.4) is 0 Å². The molecule has 1 aromatic carbocycles. The molecule has 3 rings (SSSR count). The Morgan fingerprint density at radius 3 is 2.68 bits per heavy atom. The molecule has 1 amide bonds. The Hall–Kier alpha value is -3.49. The normalized spacial score (nSPS) is 10.4. The molecule has 0 saturated heterocycles. The number of nitrogens with one attached hydrogen (secondary N) is 3. The highest BCUT2D eigenvalue weighted by Gasteiger charge is 2.13. The van der Waals surface area contributed by atoms with E-state index in [0.717, 1.165) is 5.69 Å². The van der Waals surface area contributed by atoms with Gasteiger partial charge in [0.05, 0.1) is 0 Å². The van der Waals surface area contributed by atoms with Crippen LogP contribution in [0.2, 0.25) is 0 Å². The average Bonchev–Trinajstić information content (AvgIpc) is 3.19. The lowest BCUT2D eigenvalue weighted by atomic mass is 10.1. The maximum absolute atomic E-state index is 12.1. The lowest BCUT2D eigenvalue weighted by Crippen LogP contribution is -2.35. The van der Waals surface area contributed by atoms with E-state index in [1.54, 1.807) is 12.1 Å². The summed E-state index contributed by atoms with van der Waals surface area (Å²) < 4.78 is 1.85. The van der Waals surface area contributed by atoms with E-state index in [9.17, 15) is 4.79 Å². The van der Waals surface area contributed by atoms with Crippen LogP contribution in [0.1, 0.15) is 10.4 Å². The Kier molecular flexibility index (Phi) is 3.36. The lowest BCUT2D eigenvalue weighted by Gasteiger charge is -2.09. The van der Waals surface area contributed by atoms with E-state index in [4.69, 9.17) is 11.1 Å². The molecule has 0 aliphatic carbocycles. The smallest absolute Gasteiger partial charge is 0.258 e. The number of hydrogen-bond acceptors (Lipinski definition) is 5. The number of carbonyl (C=O) groups is 1. The molecule has 0 saturated carbocycles. The van der Waals surface area contributed by atoms with Crippen molar-refractivity contribution in [2.75, 3.05) is 0 Å². The molecule has 110 valence electrons. The number of H-pyrrole nitrogens is 1. The molecule has 3 aromatic rings. The van der Waals surface area contributed by atoms with E-state index in [1.165, 1.54) is 0 Å². The summed E-state index contributed by atoms with van der Waals surface area (Å²) in [7, 11) is 0. The van der Waals surface area contributed by atoms with Crippen LogP contribution in [0.15, 0.2) is 42.7 Å². The molecular weight excluding hydrogens is 284 g/mol. The minimum Gasteiger partial charge on any atom is -0.370 e. The third kappa shape index (κ3) is 2.68. The first-order chi connectivity index (χ1) is 10.6. The molecule has 0 bridgehead atoms. The van der Waals surface area contributed by atoms with Crippen LogP contribution in [0, 0.1) is 5.41 Å². The molecule has 0 aliphatic heterocycles. The molecule has 9 heteroatoms. The monoisotopic (exact) mass is 296 g/mol. The fourth-order valence-corrected chi connectivity index (χ4v) is 2.01. The first kappa shape index (κ1) is 13.5. The average molecular weight is 296 g/mol. The highest BCUT2D eigenvalue weighted by atomic mass is 16.1. The Balaban J connectivity index is 2.09. The quantitative estimate of drug-likeness (QED) is 0.406. The Morgan fingerprint density at radius 1 is 1.27 bits per heavy atom. The number of tetrazole rings is 1. The first-order valence-corrected chi connectivity index (χ1v) is 6.31. The highest BCUT2D eigenvalue weighted by Crippen LogP contribution is 2.21. The minimum atomic E-state index is -0.477. The molecule has 2 heterocycles. The van der Waals surface area contributed by atoms with Crippen molar-refractivity contribution < 1.29 is 4.79 Å². The van der Waals surface area contributed by atoms with E-state index in [2.05, 4.69) is 25.9 Å². The minimum absolute atomic E-state index is 0.341. The highest BCUT2D eigenvalue weighted by molar-refractivity contribution is 6.05. The third-order valence-corrected chi connectivity index (χ3v) is 2.95. The van der Waals surface area contributed by atoms with E-state index < -0.39 is 11.9 Å². The largest absolute Gasteiger partial charge is 0.370 e. The zero-order valence-corrected chi connectivity index (χ0v) is 11.3. The van der Waals surface area contributed by atoms with Crippen LogP contribution in [0.4, 0.5) is 0 Å². The number of aromatic amines is 1. The summed E-state index contributed by atoms with van der Waals surface area (Å²) in [6.45, 7) is 0. The van der Waals surface area contributed by atoms with Crippen molar-refractivity contribution >= 4 is 11.9 Å². The van der Waals surface area contributed by atoms with Gasteiger partial charge in [0.15, 0.2) is 11.8 Å². The summed E-state index contributed by atoms with van der Waals surface area (Å²) in [4.78, 5) is 12.1. The topological polar surface area (TPSA) is 138 Å². The van der Waals surface area contributed by atoms with Crippen LogP contribution in [0.5, 0.6) is 0 Å². The van der Waals surface area contributed by atoms with Gasteiger partial charge in [-0.3, -0.25) is 15.5 Å². The number of amides is 1. The van der Waals surface area contributed by atoms with Gasteiger partial charge in [-0.25, -0.2) is 5.10 Å². The summed E-state index contributed by atoms with van der Waals surface area (Å²) in [6, 6.07) is 8.89. The first-order valence-electron chi connectivity index (χ1n) is 6.31. The molecule has 0 spiro atoms. The summed E-state index contributed by atoms with van der Waals surface area (Å²) >= 11 is 0. The number of guanidine groups is 1. The van der Waals surface area contributed by atoms with E-state index >= 15 is 0 Å². The van der Waals surface area contributed by atoms with Gasteiger partial charge in [0.2, 0.25) is 0 Å². The number of nitrogens with zero attached hydrogens (tertiary/aromatic N) is 4. The lowest BCUT2D eigenvalue weighted by molar-refractivity contribution is 0.0976. The van der Waals surface area contributed by atoms with Gasteiger partial charge in [-0.1, -0.05) is 0 Å². The summed E-state index contributed by atoms with van der Waals surface area (Å²) in [5.74, 6) is -0.458. The number of nitrogens with two attached hydrogens (primary N) is 1. The fraction of sp³-hybridized carbons (Fsp3) is 0. The molecule has 0 unspecified atom stereocenters. The van der Waals surface area contributed by atoms with Crippen molar-refractivity contribution in [3.05, 3.63) is 48.3 Å².